The van der Waals surface area contributed by atoms with Crippen molar-refractivity contribution in [3.8, 4) is 0 Å². The summed E-state index contributed by atoms with van der Waals surface area (Å²) in [7, 11) is 0. The molecule has 3 nitrogen and oxygen atoms in total. The molecule has 1 aromatic carbocycles. The lowest BCUT2D eigenvalue weighted by molar-refractivity contribution is 0.182. The van der Waals surface area contributed by atoms with E-state index in [0.29, 0.717) is 23.7 Å². The Kier molecular flexibility index (Phi) is 4.15. The first kappa shape index (κ1) is 14.1. The molecule has 2 heterocycles. The third-order valence-electron chi connectivity index (χ3n) is 3.65. The lowest BCUT2D eigenvalue weighted by Crippen LogP contribution is -2.13. The Morgan fingerprint density at radius 1 is 1.45 bits per heavy atom. The van der Waals surface area contributed by atoms with Crippen LogP contribution in [0, 0.1) is 11.7 Å². The molecule has 0 saturated carbocycles. The summed E-state index contributed by atoms with van der Waals surface area (Å²) in [5.74, 6) is 1.39. The summed E-state index contributed by atoms with van der Waals surface area (Å²) in [6.07, 6.45) is 1.69. The number of imidazole rings is 1. The molecule has 1 fully saturated rings. The van der Waals surface area contributed by atoms with Gasteiger partial charge in [-0.05, 0) is 12.5 Å². The molecule has 0 bridgehead atoms. The molecule has 1 saturated heterocycles. The topological polar surface area (TPSA) is 27.1 Å². The summed E-state index contributed by atoms with van der Waals surface area (Å²) in [4.78, 5) is 4.49. The van der Waals surface area contributed by atoms with E-state index in [1.807, 2.05) is 0 Å². The van der Waals surface area contributed by atoms with Gasteiger partial charge >= 0.3 is 0 Å². The normalized spacial score (nSPS) is 19.1. The summed E-state index contributed by atoms with van der Waals surface area (Å²) in [6.45, 7) is 2.37. The van der Waals surface area contributed by atoms with E-state index in [1.54, 1.807) is 6.07 Å². The molecule has 0 radical (unpaired) electrons. The SMILES string of the molecule is Fc1cc2nc(CCCl)n(CC3CCOC3)c2cc1Cl. The number of benzene rings is 1. The highest BCUT2D eigenvalue weighted by Crippen LogP contribution is 2.26. The van der Waals surface area contributed by atoms with Crippen molar-refractivity contribution >= 4 is 34.2 Å². The van der Waals surface area contributed by atoms with Crippen LogP contribution in [0.1, 0.15) is 12.2 Å². The second-order valence-corrected chi connectivity index (χ2v) is 5.85. The average molecular weight is 317 g/mol. The van der Waals surface area contributed by atoms with Crippen LogP contribution >= 0.6 is 23.2 Å². The van der Waals surface area contributed by atoms with Gasteiger partial charge in [0.25, 0.3) is 0 Å². The Balaban J connectivity index is 2.04. The van der Waals surface area contributed by atoms with Crippen LogP contribution in [0.2, 0.25) is 5.02 Å². The molecule has 20 heavy (non-hydrogen) atoms. The van der Waals surface area contributed by atoms with Crippen LogP contribution in [0.15, 0.2) is 12.1 Å². The van der Waals surface area contributed by atoms with Gasteiger partial charge in [0, 0.05) is 37.4 Å². The second kappa shape index (κ2) is 5.88. The van der Waals surface area contributed by atoms with Crippen LogP contribution in [0.4, 0.5) is 4.39 Å². The summed E-state index contributed by atoms with van der Waals surface area (Å²) >= 11 is 11.7. The van der Waals surface area contributed by atoms with E-state index in [2.05, 4.69) is 9.55 Å². The Labute approximate surface area is 126 Å². The molecule has 108 valence electrons. The van der Waals surface area contributed by atoms with E-state index >= 15 is 0 Å². The standard InChI is InChI=1S/C14H15Cl2FN2O/c15-3-1-14-18-12-6-11(17)10(16)5-13(12)19(14)7-9-2-4-20-8-9/h5-6,9H,1-4,7-8H2. The largest absolute Gasteiger partial charge is 0.381 e. The molecule has 0 spiro atoms. The maximum atomic E-state index is 13.6. The Morgan fingerprint density at radius 2 is 2.30 bits per heavy atom. The third-order valence-corrected chi connectivity index (χ3v) is 4.13. The maximum absolute atomic E-state index is 13.6. The first-order valence-electron chi connectivity index (χ1n) is 6.67. The van der Waals surface area contributed by atoms with Gasteiger partial charge in [-0.15, -0.1) is 11.6 Å². The lowest BCUT2D eigenvalue weighted by atomic mass is 10.1. The van der Waals surface area contributed by atoms with Gasteiger partial charge in [0.2, 0.25) is 0 Å². The number of aryl methyl sites for hydroxylation is 1. The number of halogens is 3. The van der Waals surface area contributed by atoms with Crippen LogP contribution < -0.4 is 0 Å². The Hall–Kier alpha value is -0.840. The van der Waals surface area contributed by atoms with Crippen molar-refractivity contribution in [3.63, 3.8) is 0 Å². The van der Waals surface area contributed by atoms with Gasteiger partial charge in [-0.3, -0.25) is 0 Å². The molecule has 3 rings (SSSR count). The van der Waals surface area contributed by atoms with Crippen LogP contribution in [-0.4, -0.2) is 28.6 Å². The molecular weight excluding hydrogens is 302 g/mol. The quantitative estimate of drug-likeness (QED) is 0.805. The number of hydrogen-bond donors (Lipinski definition) is 0. The van der Waals surface area contributed by atoms with Gasteiger partial charge in [0.05, 0.1) is 22.7 Å². The van der Waals surface area contributed by atoms with Gasteiger partial charge in [-0.1, -0.05) is 11.6 Å². The van der Waals surface area contributed by atoms with Crippen molar-refractivity contribution in [1.82, 2.24) is 9.55 Å². The van der Waals surface area contributed by atoms with Crippen molar-refractivity contribution < 1.29 is 9.13 Å². The number of nitrogens with zero attached hydrogens (tertiary/aromatic N) is 2. The van der Waals surface area contributed by atoms with Crippen molar-refractivity contribution in [2.45, 2.75) is 19.4 Å². The van der Waals surface area contributed by atoms with Crippen molar-refractivity contribution in [3.05, 3.63) is 28.8 Å². The lowest BCUT2D eigenvalue weighted by Gasteiger charge is -2.13. The minimum atomic E-state index is -0.439. The zero-order chi connectivity index (χ0) is 14.1. The molecule has 0 N–H and O–H groups in total. The fourth-order valence-corrected chi connectivity index (χ4v) is 2.96. The smallest absolute Gasteiger partial charge is 0.144 e. The number of aromatic nitrogens is 2. The first-order valence-corrected chi connectivity index (χ1v) is 7.58. The van der Waals surface area contributed by atoms with E-state index in [-0.39, 0.29) is 5.02 Å². The molecular formula is C14H15Cl2FN2O. The zero-order valence-corrected chi connectivity index (χ0v) is 12.4. The highest BCUT2D eigenvalue weighted by atomic mass is 35.5. The molecule has 1 aliphatic rings. The van der Waals surface area contributed by atoms with E-state index in [4.69, 9.17) is 27.9 Å². The van der Waals surface area contributed by atoms with Crippen molar-refractivity contribution in [2.24, 2.45) is 5.92 Å². The Bertz CT molecular complexity index is 623. The predicted octanol–water partition coefficient (Wildman–Crippen LogP) is 3.65. The zero-order valence-electron chi connectivity index (χ0n) is 10.9. The highest BCUT2D eigenvalue weighted by molar-refractivity contribution is 6.31. The second-order valence-electron chi connectivity index (χ2n) is 5.06. The first-order chi connectivity index (χ1) is 9.69. The summed E-state index contributed by atoms with van der Waals surface area (Å²) in [5.41, 5.74) is 1.49. The monoisotopic (exact) mass is 316 g/mol. The molecule has 1 aliphatic heterocycles. The van der Waals surface area contributed by atoms with Crippen LogP contribution in [0.5, 0.6) is 0 Å². The van der Waals surface area contributed by atoms with Gasteiger partial charge in [-0.2, -0.15) is 0 Å². The highest BCUT2D eigenvalue weighted by Gasteiger charge is 2.20. The number of alkyl halides is 1. The number of ether oxygens (including phenoxy) is 1. The molecule has 2 aromatic rings. The maximum Gasteiger partial charge on any atom is 0.144 e. The van der Waals surface area contributed by atoms with Crippen LogP contribution in [0.25, 0.3) is 11.0 Å². The fraction of sp³-hybridized carbons (Fsp3) is 0.500. The van der Waals surface area contributed by atoms with Gasteiger partial charge in [0.1, 0.15) is 11.6 Å². The number of hydrogen-bond acceptors (Lipinski definition) is 2. The summed E-state index contributed by atoms with van der Waals surface area (Å²) < 4.78 is 21.1. The molecule has 6 heteroatoms. The molecule has 1 unspecified atom stereocenters. The van der Waals surface area contributed by atoms with Gasteiger partial charge in [-0.25, -0.2) is 9.37 Å². The Morgan fingerprint density at radius 3 is 3.00 bits per heavy atom. The summed E-state index contributed by atoms with van der Waals surface area (Å²) in [5, 5.41) is 0.124. The van der Waals surface area contributed by atoms with E-state index in [0.717, 1.165) is 37.5 Å². The molecule has 0 aliphatic carbocycles. The van der Waals surface area contributed by atoms with Gasteiger partial charge in [0.15, 0.2) is 0 Å². The number of rotatable bonds is 4. The van der Waals surface area contributed by atoms with Crippen molar-refractivity contribution in [2.75, 3.05) is 19.1 Å². The molecule has 1 aromatic heterocycles. The molecule has 1 atom stereocenters. The molecule has 0 amide bonds. The number of fused-ring (bicyclic) bond motifs is 1. The van der Waals surface area contributed by atoms with E-state index in [9.17, 15) is 4.39 Å². The van der Waals surface area contributed by atoms with Crippen LogP contribution in [0.3, 0.4) is 0 Å². The minimum absolute atomic E-state index is 0.124. The average Bonchev–Trinajstić information content (AvgIpc) is 3.02. The predicted molar refractivity (Wildman–Crippen MR) is 78.1 cm³/mol. The summed E-state index contributed by atoms with van der Waals surface area (Å²) in [6, 6.07) is 3.03. The van der Waals surface area contributed by atoms with Gasteiger partial charge < -0.3 is 9.30 Å². The fourth-order valence-electron chi connectivity index (χ4n) is 2.63. The van der Waals surface area contributed by atoms with Crippen LogP contribution in [-0.2, 0) is 17.7 Å². The van der Waals surface area contributed by atoms with Crippen molar-refractivity contribution in [1.29, 1.82) is 0 Å². The van der Waals surface area contributed by atoms with E-state index < -0.39 is 5.82 Å². The van der Waals surface area contributed by atoms with E-state index in [1.165, 1.54) is 6.07 Å². The third kappa shape index (κ3) is 2.65. The minimum Gasteiger partial charge on any atom is -0.381 e.